The lowest BCUT2D eigenvalue weighted by Gasteiger charge is -2.32. The monoisotopic (exact) mass is 665 g/mol. The van der Waals surface area contributed by atoms with Gasteiger partial charge >= 0.3 is 5.69 Å². The van der Waals surface area contributed by atoms with Gasteiger partial charge in [-0.25, -0.2) is 9.18 Å². The number of piperidine rings is 1. The number of fused-ring (bicyclic) bond motifs is 1. The van der Waals surface area contributed by atoms with Crippen LogP contribution in [-0.2, 0) is 6.42 Å². The lowest BCUT2D eigenvalue weighted by Crippen LogP contribution is -2.39. The van der Waals surface area contributed by atoms with Crippen LogP contribution in [0.5, 0.6) is 0 Å². The lowest BCUT2D eigenvalue weighted by molar-refractivity contribution is 0.310. The van der Waals surface area contributed by atoms with Crippen LogP contribution >= 0.6 is 23.4 Å². The van der Waals surface area contributed by atoms with Gasteiger partial charge in [-0.1, -0.05) is 31.0 Å². The third-order valence-electron chi connectivity index (χ3n) is 8.70. The maximum atomic E-state index is 15.2. The van der Waals surface area contributed by atoms with Crippen molar-refractivity contribution in [3.05, 3.63) is 75.0 Å². The minimum atomic E-state index is -0.509. The van der Waals surface area contributed by atoms with Crippen molar-refractivity contribution in [2.75, 3.05) is 12.8 Å². The predicted octanol–water partition coefficient (Wildman–Crippen LogP) is 7.51. The number of hydrogen-bond donors (Lipinski definition) is 5. The number of halogens is 2. The Labute approximate surface area is 279 Å². The van der Waals surface area contributed by atoms with Gasteiger partial charge in [0.1, 0.15) is 5.65 Å². The fourth-order valence-corrected chi connectivity index (χ4v) is 7.23. The molecule has 5 rings (SSSR count). The number of nitrogens with one attached hydrogen (secondary N) is 4. The molecule has 0 aliphatic carbocycles. The molecule has 0 saturated carbocycles. The van der Waals surface area contributed by atoms with Gasteiger partial charge in [-0.05, 0) is 99.6 Å². The van der Waals surface area contributed by atoms with Crippen LogP contribution in [0.25, 0.3) is 28.0 Å². The van der Waals surface area contributed by atoms with E-state index < -0.39 is 11.5 Å². The second-order valence-corrected chi connectivity index (χ2v) is 13.7. The van der Waals surface area contributed by atoms with Crippen LogP contribution in [0.15, 0.2) is 52.3 Å². The molecule has 1 aliphatic rings. The van der Waals surface area contributed by atoms with Crippen LogP contribution in [-0.4, -0.2) is 45.3 Å². The SMILES string of the molecule is CCCC(=N)NCC[C@@H]1CCC[C@@H](c2ccc(-n3cc4cc(-c5cc(CCC[C@H](C)N)cc(Cl)c5F)[nH]c4nc3=O)cc2SC)N1. The van der Waals surface area contributed by atoms with E-state index in [9.17, 15) is 4.79 Å². The summed E-state index contributed by atoms with van der Waals surface area (Å²) in [6.07, 6.45) is 12.4. The Hall–Kier alpha value is -3.18. The van der Waals surface area contributed by atoms with E-state index in [1.165, 1.54) is 5.56 Å². The summed E-state index contributed by atoms with van der Waals surface area (Å²) in [6.45, 7) is 4.86. The summed E-state index contributed by atoms with van der Waals surface area (Å²) >= 11 is 7.95. The van der Waals surface area contributed by atoms with Gasteiger partial charge < -0.3 is 21.4 Å². The number of nitrogens with two attached hydrogens (primary N) is 1. The van der Waals surface area contributed by atoms with Crippen molar-refractivity contribution in [1.29, 1.82) is 5.41 Å². The first kappa shape index (κ1) is 34.2. The third kappa shape index (κ3) is 8.20. The van der Waals surface area contributed by atoms with Crippen LogP contribution in [0.4, 0.5) is 4.39 Å². The van der Waals surface area contributed by atoms with Gasteiger partial charge in [0.25, 0.3) is 0 Å². The Kier molecular flexibility index (Phi) is 11.6. The zero-order valence-electron chi connectivity index (χ0n) is 26.9. The smallest absolute Gasteiger partial charge is 0.354 e. The first-order valence-corrected chi connectivity index (χ1v) is 17.9. The normalized spacial score (nSPS) is 17.3. The quantitative estimate of drug-likeness (QED) is 0.0572. The molecule has 246 valence electrons. The number of thioether (sulfide) groups is 1. The molecule has 2 aromatic heterocycles. The highest BCUT2D eigenvalue weighted by Crippen LogP contribution is 2.35. The summed E-state index contributed by atoms with van der Waals surface area (Å²) < 4.78 is 16.8. The predicted molar refractivity (Wildman–Crippen MR) is 189 cm³/mol. The van der Waals surface area contributed by atoms with E-state index in [0.29, 0.717) is 34.2 Å². The second kappa shape index (κ2) is 15.6. The fourth-order valence-electron chi connectivity index (χ4n) is 6.30. The molecule has 0 bridgehead atoms. The van der Waals surface area contributed by atoms with E-state index in [-0.39, 0.29) is 17.1 Å². The Morgan fingerprint density at radius 2 is 2.11 bits per heavy atom. The summed E-state index contributed by atoms with van der Waals surface area (Å²) in [5, 5.41) is 15.8. The molecule has 2 aromatic carbocycles. The van der Waals surface area contributed by atoms with Crippen LogP contribution in [0.2, 0.25) is 5.02 Å². The molecule has 0 spiro atoms. The molecule has 0 unspecified atom stereocenters. The number of amidine groups is 1. The molecule has 4 aromatic rings. The number of hydrogen-bond acceptors (Lipinski definition) is 6. The Bertz CT molecular complexity index is 1740. The van der Waals surface area contributed by atoms with Crippen molar-refractivity contribution in [3.63, 3.8) is 0 Å². The van der Waals surface area contributed by atoms with Gasteiger partial charge in [-0.2, -0.15) is 4.98 Å². The van der Waals surface area contributed by atoms with Crippen molar-refractivity contribution < 1.29 is 4.39 Å². The Balaban J connectivity index is 1.36. The molecule has 0 amide bonds. The molecule has 3 heterocycles. The number of aromatic nitrogens is 3. The van der Waals surface area contributed by atoms with E-state index in [1.54, 1.807) is 34.7 Å². The van der Waals surface area contributed by atoms with Crippen LogP contribution < -0.4 is 22.1 Å². The molecule has 8 nitrogen and oxygen atoms in total. The van der Waals surface area contributed by atoms with E-state index in [1.807, 2.05) is 25.1 Å². The van der Waals surface area contributed by atoms with Gasteiger partial charge in [0.05, 0.1) is 22.2 Å². The van der Waals surface area contributed by atoms with E-state index >= 15 is 4.39 Å². The zero-order valence-corrected chi connectivity index (χ0v) is 28.5. The number of H-pyrrole nitrogens is 1. The third-order valence-corrected chi connectivity index (χ3v) is 9.76. The highest BCUT2D eigenvalue weighted by atomic mass is 35.5. The largest absolute Gasteiger partial charge is 0.374 e. The van der Waals surface area contributed by atoms with E-state index in [4.69, 9.17) is 22.7 Å². The van der Waals surface area contributed by atoms with Gasteiger partial charge in [0.2, 0.25) is 0 Å². The van der Waals surface area contributed by atoms with Crippen LogP contribution in [0.1, 0.15) is 82.4 Å². The second-order valence-electron chi connectivity index (χ2n) is 12.4. The van der Waals surface area contributed by atoms with Crippen LogP contribution in [0.3, 0.4) is 0 Å². The lowest BCUT2D eigenvalue weighted by atomic mass is 9.92. The van der Waals surface area contributed by atoms with Gasteiger partial charge in [0, 0.05) is 53.1 Å². The molecule has 1 fully saturated rings. The molecule has 11 heteroatoms. The van der Waals surface area contributed by atoms with E-state index in [0.717, 1.165) is 80.5 Å². The van der Waals surface area contributed by atoms with Crippen molar-refractivity contribution in [2.45, 2.75) is 94.7 Å². The first-order valence-electron chi connectivity index (χ1n) is 16.3. The van der Waals surface area contributed by atoms with Crippen molar-refractivity contribution >= 4 is 40.2 Å². The minimum Gasteiger partial charge on any atom is -0.374 e. The number of nitrogens with zero attached hydrogens (tertiary/aromatic N) is 2. The Morgan fingerprint density at radius 1 is 1.28 bits per heavy atom. The number of aryl methyl sites for hydroxylation is 1. The number of aromatic amines is 1. The van der Waals surface area contributed by atoms with Gasteiger partial charge in [-0.15, -0.1) is 11.8 Å². The van der Waals surface area contributed by atoms with Gasteiger partial charge in [0.15, 0.2) is 5.82 Å². The Morgan fingerprint density at radius 3 is 2.87 bits per heavy atom. The minimum absolute atomic E-state index is 0.0621. The highest BCUT2D eigenvalue weighted by molar-refractivity contribution is 7.98. The van der Waals surface area contributed by atoms with Crippen LogP contribution in [0, 0.1) is 11.2 Å². The zero-order chi connectivity index (χ0) is 32.8. The molecule has 6 N–H and O–H groups in total. The molecule has 46 heavy (non-hydrogen) atoms. The van der Waals surface area contributed by atoms with Crippen molar-refractivity contribution in [3.8, 4) is 16.9 Å². The number of benzene rings is 2. The molecule has 3 atom stereocenters. The highest BCUT2D eigenvalue weighted by Gasteiger charge is 2.24. The van der Waals surface area contributed by atoms with E-state index in [2.05, 4.69) is 39.8 Å². The topological polar surface area (TPSA) is 125 Å². The summed E-state index contributed by atoms with van der Waals surface area (Å²) in [5.74, 6) is 0.105. The summed E-state index contributed by atoms with van der Waals surface area (Å²) in [5.41, 5.74) is 9.63. The molecular formula is C35H45ClFN7OS. The average molecular weight is 666 g/mol. The maximum absolute atomic E-state index is 15.2. The summed E-state index contributed by atoms with van der Waals surface area (Å²) in [6, 6.07) is 12.1. The average Bonchev–Trinajstić information content (AvgIpc) is 3.44. The molecule has 1 saturated heterocycles. The standard InChI is InChI=1S/C35H45ClFN7OS/c1-4-7-32(39)40-15-14-24-10-6-11-29(41-24)26-13-12-25(19-31(26)46-3)44-20-23-18-30(42-34(23)43-35(44)45)27-16-22(9-5-8-21(2)38)17-28(36)33(27)37/h12-13,16-21,24,29,41H,4-11,14-15,38H2,1-3H3,(H2,39,40)(H,42,43,45)/t21-,24-,29-/m0/s1. The fraction of sp³-hybridized carbons (Fsp3) is 0.457. The molecule has 0 radical (unpaired) electrons. The molecular weight excluding hydrogens is 621 g/mol. The summed E-state index contributed by atoms with van der Waals surface area (Å²) in [4.78, 5) is 21.8. The summed E-state index contributed by atoms with van der Waals surface area (Å²) in [7, 11) is 0. The first-order chi connectivity index (χ1) is 22.2. The number of rotatable bonds is 13. The maximum Gasteiger partial charge on any atom is 0.354 e. The van der Waals surface area contributed by atoms with Crippen molar-refractivity contribution in [1.82, 2.24) is 25.2 Å². The van der Waals surface area contributed by atoms with Gasteiger partial charge in [-0.3, -0.25) is 9.98 Å². The molecule has 1 aliphatic heterocycles. The van der Waals surface area contributed by atoms with Crippen molar-refractivity contribution in [2.24, 2.45) is 5.73 Å².